The number of unbranched alkanes of at least 4 members (excludes halogenated alkanes) is 12. The third-order valence-electron chi connectivity index (χ3n) is 5.46. The lowest BCUT2D eigenvalue weighted by molar-refractivity contribution is -0.132. The van der Waals surface area contributed by atoms with Crippen molar-refractivity contribution in [3.05, 3.63) is 24.3 Å². The molecule has 0 fully saturated rings. The number of aliphatic carboxylic acids is 1. The van der Waals surface area contributed by atoms with E-state index in [-0.39, 0.29) is 5.57 Å². The maximum Gasteiger partial charge on any atom is 0.330 e. The SMILES string of the molecule is C=C(CCCN(CCCCCCCC/C=C\CCCCCCCC)C(N)=O)C(=O)O. The zero-order chi connectivity index (χ0) is 22.5. The van der Waals surface area contributed by atoms with Crippen LogP contribution in [0.2, 0.25) is 0 Å². The molecule has 0 saturated carbocycles. The van der Waals surface area contributed by atoms with Gasteiger partial charge in [0.1, 0.15) is 0 Å². The first-order valence-electron chi connectivity index (χ1n) is 12.1. The van der Waals surface area contributed by atoms with Crippen molar-refractivity contribution in [1.29, 1.82) is 0 Å². The number of urea groups is 1. The molecule has 174 valence electrons. The number of allylic oxidation sites excluding steroid dienone is 2. The van der Waals surface area contributed by atoms with Crippen LogP contribution in [-0.4, -0.2) is 35.1 Å². The van der Waals surface area contributed by atoms with Crippen LogP contribution < -0.4 is 5.73 Å². The highest BCUT2D eigenvalue weighted by atomic mass is 16.4. The summed E-state index contributed by atoms with van der Waals surface area (Å²) in [6.45, 7) is 6.90. The van der Waals surface area contributed by atoms with Crippen LogP contribution in [0.4, 0.5) is 4.79 Å². The number of nitrogens with two attached hydrogens (primary N) is 1. The number of hydrogen-bond acceptors (Lipinski definition) is 2. The van der Waals surface area contributed by atoms with Crippen LogP contribution in [0.25, 0.3) is 0 Å². The Morgan fingerprint density at radius 2 is 1.27 bits per heavy atom. The number of amides is 2. The predicted molar refractivity (Wildman–Crippen MR) is 127 cm³/mol. The van der Waals surface area contributed by atoms with Gasteiger partial charge in [-0.2, -0.15) is 0 Å². The molecule has 30 heavy (non-hydrogen) atoms. The van der Waals surface area contributed by atoms with E-state index in [1.54, 1.807) is 4.90 Å². The standard InChI is InChI=1S/C25H46N2O3/c1-3-4-5-6-7-8-9-10-11-12-13-14-15-16-17-18-21-27(25(26)30)22-19-20-23(2)24(28)29/h10-11H,2-9,12-22H2,1H3,(H2,26,30)(H,28,29)/b11-10-. The van der Waals surface area contributed by atoms with E-state index in [4.69, 9.17) is 10.8 Å². The van der Waals surface area contributed by atoms with Crippen LogP contribution in [0.1, 0.15) is 110 Å². The van der Waals surface area contributed by atoms with E-state index < -0.39 is 12.0 Å². The molecule has 0 heterocycles. The molecule has 3 N–H and O–H groups in total. The minimum absolute atomic E-state index is 0.177. The topological polar surface area (TPSA) is 83.6 Å². The number of rotatable bonds is 21. The van der Waals surface area contributed by atoms with Crippen LogP contribution >= 0.6 is 0 Å². The van der Waals surface area contributed by atoms with Crippen molar-refractivity contribution in [2.75, 3.05) is 13.1 Å². The van der Waals surface area contributed by atoms with E-state index in [2.05, 4.69) is 25.7 Å². The molecule has 5 heteroatoms. The Morgan fingerprint density at radius 3 is 1.77 bits per heavy atom. The summed E-state index contributed by atoms with van der Waals surface area (Å²) in [6.07, 6.45) is 23.2. The summed E-state index contributed by atoms with van der Waals surface area (Å²) < 4.78 is 0. The van der Waals surface area contributed by atoms with Crippen molar-refractivity contribution in [3.8, 4) is 0 Å². The molecule has 0 aliphatic carbocycles. The van der Waals surface area contributed by atoms with Crippen molar-refractivity contribution in [2.24, 2.45) is 5.73 Å². The van der Waals surface area contributed by atoms with Crippen LogP contribution in [0.15, 0.2) is 24.3 Å². The molecule has 0 aromatic heterocycles. The van der Waals surface area contributed by atoms with E-state index in [1.165, 1.54) is 77.0 Å². The minimum Gasteiger partial charge on any atom is -0.478 e. The Labute approximate surface area is 184 Å². The van der Waals surface area contributed by atoms with Gasteiger partial charge in [0.05, 0.1) is 0 Å². The second-order valence-electron chi connectivity index (χ2n) is 8.28. The van der Waals surface area contributed by atoms with Gasteiger partial charge in [-0.25, -0.2) is 9.59 Å². The minimum atomic E-state index is -0.978. The lowest BCUT2D eigenvalue weighted by Gasteiger charge is -2.20. The van der Waals surface area contributed by atoms with Gasteiger partial charge in [0, 0.05) is 18.7 Å². The van der Waals surface area contributed by atoms with Gasteiger partial charge in [0.15, 0.2) is 0 Å². The normalized spacial score (nSPS) is 11.1. The molecule has 0 radical (unpaired) electrons. The summed E-state index contributed by atoms with van der Waals surface area (Å²) in [5, 5.41) is 8.81. The fourth-order valence-electron chi connectivity index (χ4n) is 3.47. The zero-order valence-electron chi connectivity index (χ0n) is 19.4. The largest absolute Gasteiger partial charge is 0.478 e. The van der Waals surface area contributed by atoms with E-state index in [0.29, 0.717) is 25.9 Å². The molecule has 0 rings (SSSR count). The van der Waals surface area contributed by atoms with Gasteiger partial charge in [-0.1, -0.05) is 83.4 Å². The van der Waals surface area contributed by atoms with Gasteiger partial charge in [-0.05, 0) is 44.9 Å². The first-order valence-corrected chi connectivity index (χ1v) is 12.1. The maximum atomic E-state index is 11.5. The first-order chi connectivity index (χ1) is 14.5. The molecule has 0 spiro atoms. The third kappa shape index (κ3) is 18.3. The average molecular weight is 423 g/mol. The molecule has 0 saturated heterocycles. The van der Waals surface area contributed by atoms with Gasteiger partial charge in [0.2, 0.25) is 0 Å². The van der Waals surface area contributed by atoms with E-state index in [1.807, 2.05) is 0 Å². The number of primary amides is 1. The van der Waals surface area contributed by atoms with Gasteiger partial charge in [0.25, 0.3) is 0 Å². The number of hydrogen-bond donors (Lipinski definition) is 2. The molecule has 0 atom stereocenters. The predicted octanol–water partition coefficient (Wildman–Crippen LogP) is 6.83. The highest BCUT2D eigenvalue weighted by molar-refractivity contribution is 5.85. The summed E-state index contributed by atoms with van der Waals surface area (Å²) in [7, 11) is 0. The van der Waals surface area contributed by atoms with Crippen LogP contribution in [0.5, 0.6) is 0 Å². The number of nitrogens with zero attached hydrogens (tertiary/aromatic N) is 1. The molecule has 2 amide bonds. The zero-order valence-corrected chi connectivity index (χ0v) is 19.4. The lowest BCUT2D eigenvalue weighted by atomic mass is 10.1. The number of carbonyl (C=O) groups excluding carboxylic acids is 1. The highest BCUT2D eigenvalue weighted by Gasteiger charge is 2.10. The smallest absolute Gasteiger partial charge is 0.330 e. The molecule has 0 unspecified atom stereocenters. The van der Waals surface area contributed by atoms with Crippen molar-refractivity contribution >= 4 is 12.0 Å². The summed E-state index contributed by atoms with van der Waals surface area (Å²) in [4.78, 5) is 23.9. The van der Waals surface area contributed by atoms with Crippen molar-refractivity contribution in [2.45, 2.75) is 110 Å². The van der Waals surface area contributed by atoms with Crippen LogP contribution in [0, 0.1) is 0 Å². The number of carboxylic acid groups (broad SMARTS) is 1. The molecular weight excluding hydrogens is 376 g/mol. The number of carboxylic acids is 1. The Kier molecular flexibility index (Phi) is 19.3. The van der Waals surface area contributed by atoms with Gasteiger partial charge in [-0.3, -0.25) is 0 Å². The Balaban J connectivity index is 3.53. The molecule has 0 aliphatic rings. The monoisotopic (exact) mass is 422 g/mol. The molecule has 0 aromatic carbocycles. The Morgan fingerprint density at radius 1 is 0.800 bits per heavy atom. The lowest BCUT2D eigenvalue weighted by Crippen LogP contribution is -2.37. The Bertz CT molecular complexity index is 489. The summed E-state index contributed by atoms with van der Waals surface area (Å²) in [5.41, 5.74) is 5.60. The average Bonchev–Trinajstić information content (AvgIpc) is 2.71. The molecule has 0 aliphatic heterocycles. The van der Waals surface area contributed by atoms with Crippen molar-refractivity contribution < 1.29 is 14.7 Å². The first kappa shape index (κ1) is 28.2. The quantitative estimate of drug-likeness (QED) is 0.121. The summed E-state index contributed by atoms with van der Waals surface area (Å²) >= 11 is 0. The van der Waals surface area contributed by atoms with Crippen molar-refractivity contribution in [3.63, 3.8) is 0 Å². The molecule has 5 nitrogen and oxygen atoms in total. The van der Waals surface area contributed by atoms with Gasteiger partial charge < -0.3 is 15.7 Å². The van der Waals surface area contributed by atoms with E-state index in [9.17, 15) is 9.59 Å². The molecule has 0 bridgehead atoms. The molecular formula is C25H46N2O3. The number of carbonyl (C=O) groups is 2. The summed E-state index contributed by atoms with van der Waals surface area (Å²) in [5.74, 6) is -0.978. The third-order valence-corrected chi connectivity index (χ3v) is 5.46. The van der Waals surface area contributed by atoms with Gasteiger partial charge in [-0.15, -0.1) is 0 Å². The Hall–Kier alpha value is -1.78. The van der Waals surface area contributed by atoms with Crippen LogP contribution in [-0.2, 0) is 4.79 Å². The fourth-order valence-corrected chi connectivity index (χ4v) is 3.47. The molecule has 0 aromatic rings. The van der Waals surface area contributed by atoms with Crippen molar-refractivity contribution in [1.82, 2.24) is 4.90 Å². The maximum absolute atomic E-state index is 11.5. The van der Waals surface area contributed by atoms with E-state index >= 15 is 0 Å². The highest BCUT2D eigenvalue weighted by Crippen LogP contribution is 2.11. The van der Waals surface area contributed by atoms with E-state index in [0.717, 1.165) is 12.8 Å². The van der Waals surface area contributed by atoms with Gasteiger partial charge >= 0.3 is 12.0 Å². The summed E-state index contributed by atoms with van der Waals surface area (Å²) in [6, 6.07) is -0.427. The fraction of sp³-hybridized carbons (Fsp3) is 0.760. The second kappa shape index (κ2) is 20.5. The van der Waals surface area contributed by atoms with Crippen LogP contribution in [0.3, 0.4) is 0 Å². The second-order valence-corrected chi connectivity index (χ2v) is 8.28.